The summed E-state index contributed by atoms with van der Waals surface area (Å²) >= 11 is 1.44. The van der Waals surface area contributed by atoms with Crippen LogP contribution in [0.15, 0.2) is 75.0 Å². The van der Waals surface area contributed by atoms with Gasteiger partial charge in [0.05, 0.1) is 4.91 Å². The van der Waals surface area contributed by atoms with Crippen LogP contribution >= 0.6 is 11.8 Å². The van der Waals surface area contributed by atoms with Crippen molar-refractivity contribution in [1.29, 1.82) is 0 Å². The molecule has 0 N–H and O–H groups in total. The van der Waals surface area contributed by atoms with Crippen LogP contribution in [-0.4, -0.2) is 42.2 Å². The number of para-hydroxylation sites is 1. The number of anilines is 1. The average molecular weight is 444 g/mol. The molecule has 1 amide bonds. The zero-order valence-electron chi connectivity index (χ0n) is 18.2. The van der Waals surface area contributed by atoms with Crippen molar-refractivity contribution in [3.63, 3.8) is 0 Å². The summed E-state index contributed by atoms with van der Waals surface area (Å²) in [7, 11) is 0. The molecule has 0 unspecified atom stereocenters. The molecular weight excluding hydrogens is 418 g/mol. The van der Waals surface area contributed by atoms with Crippen LogP contribution in [-0.2, 0) is 4.79 Å². The summed E-state index contributed by atoms with van der Waals surface area (Å²) in [5, 5.41) is 0.788. The number of carbonyl (C=O) groups is 1. The first-order valence-electron chi connectivity index (χ1n) is 10.8. The number of thioether (sulfide) groups is 1. The Labute approximate surface area is 192 Å². The van der Waals surface area contributed by atoms with Crippen LogP contribution in [0.5, 0.6) is 0 Å². The van der Waals surface area contributed by atoms with E-state index in [9.17, 15) is 4.79 Å². The van der Waals surface area contributed by atoms with Crippen LogP contribution in [0, 0.1) is 13.8 Å². The van der Waals surface area contributed by atoms with Gasteiger partial charge in [0.1, 0.15) is 11.5 Å². The van der Waals surface area contributed by atoms with Crippen LogP contribution in [0.1, 0.15) is 16.9 Å². The fourth-order valence-electron chi connectivity index (χ4n) is 4.02. The fourth-order valence-corrected chi connectivity index (χ4v) is 4.97. The van der Waals surface area contributed by atoms with E-state index in [1.807, 2.05) is 24.3 Å². The zero-order valence-corrected chi connectivity index (χ0v) is 19.1. The summed E-state index contributed by atoms with van der Waals surface area (Å²) in [4.78, 5) is 22.1. The third-order valence-corrected chi connectivity index (χ3v) is 6.90. The minimum absolute atomic E-state index is 0.195. The van der Waals surface area contributed by atoms with Crippen LogP contribution in [0.2, 0.25) is 0 Å². The van der Waals surface area contributed by atoms with Crippen LogP contribution in [0.25, 0.3) is 17.4 Å². The van der Waals surface area contributed by atoms with Gasteiger partial charge in [-0.1, -0.05) is 48.0 Å². The summed E-state index contributed by atoms with van der Waals surface area (Å²) in [6.45, 7) is 7.72. The molecule has 5 nitrogen and oxygen atoms in total. The maximum absolute atomic E-state index is 12.5. The lowest BCUT2D eigenvalue weighted by Crippen LogP contribution is -2.48. The first-order chi connectivity index (χ1) is 15.6. The van der Waals surface area contributed by atoms with Crippen molar-refractivity contribution < 1.29 is 9.21 Å². The minimum atomic E-state index is -0.195. The summed E-state index contributed by atoms with van der Waals surface area (Å²) in [5.74, 6) is 1.26. The number of hydrogen-bond donors (Lipinski definition) is 0. The molecule has 3 aromatic rings. The van der Waals surface area contributed by atoms with Gasteiger partial charge in [-0.25, -0.2) is 0 Å². The highest BCUT2D eigenvalue weighted by Crippen LogP contribution is 2.32. The van der Waals surface area contributed by atoms with Gasteiger partial charge in [0, 0.05) is 43.5 Å². The fraction of sp³-hybridized carbons (Fsp3) is 0.231. The third kappa shape index (κ3) is 4.23. The van der Waals surface area contributed by atoms with Crippen molar-refractivity contribution in [3.05, 3.63) is 82.5 Å². The van der Waals surface area contributed by atoms with Gasteiger partial charge in [-0.3, -0.25) is 4.79 Å². The molecule has 1 fully saturated rings. The minimum Gasteiger partial charge on any atom is -0.457 e. The number of nitrogens with zero attached hydrogens (tertiary/aromatic N) is 3. The molecule has 0 saturated carbocycles. The van der Waals surface area contributed by atoms with Crippen LogP contribution in [0.4, 0.5) is 5.69 Å². The number of carbonyl (C=O) groups excluding carboxylic acids is 1. The average Bonchev–Trinajstić information content (AvgIpc) is 3.42. The smallest absolute Gasteiger partial charge is 0.286 e. The molecule has 2 aromatic carbocycles. The van der Waals surface area contributed by atoms with E-state index >= 15 is 0 Å². The van der Waals surface area contributed by atoms with Crippen molar-refractivity contribution >= 4 is 34.6 Å². The van der Waals surface area contributed by atoms with Gasteiger partial charge >= 0.3 is 0 Å². The lowest BCUT2D eigenvalue weighted by Gasteiger charge is -2.37. The molecule has 162 valence electrons. The molecule has 5 rings (SSSR count). The molecule has 32 heavy (non-hydrogen) atoms. The largest absolute Gasteiger partial charge is 0.457 e. The first kappa shape index (κ1) is 20.6. The van der Waals surface area contributed by atoms with Crippen molar-refractivity contribution in [2.45, 2.75) is 13.8 Å². The molecule has 0 radical (unpaired) electrons. The van der Waals surface area contributed by atoms with E-state index in [0.717, 1.165) is 42.7 Å². The Bertz CT molecular complexity index is 1200. The number of rotatable bonds is 3. The summed E-state index contributed by atoms with van der Waals surface area (Å²) in [6, 6.07) is 20.5. The predicted molar refractivity (Wildman–Crippen MR) is 132 cm³/mol. The van der Waals surface area contributed by atoms with Gasteiger partial charge < -0.3 is 14.2 Å². The molecule has 6 heteroatoms. The van der Waals surface area contributed by atoms with Gasteiger partial charge in [-0.2, -0.15) is 4.99 Å². The second-order valence-corrected chi connectivity index (χ2v) is 9.15. The maximum Gasteiger partial charge on any atom is 0.286 e. The first-order valence-corrected chi connectivity index (χ1v) is 11.6. The molecule has 3 heterocycles. The number of amides is 1. The number of amidine groups is 1. The van der Waals surface area contributed by atoms with Crippen LogP contribution < -0.4 is 4.90 Å². The number of furan rings is 1. The second-order valence-electron chi connectivity index (χ2n) is 8.14. The molecule has 0 aliphatic carbocycles. The highest BCUT2D eigenvalue weighted by atomic mass is 32.2. The highest BCUT2D eigenvalue weighted by Gasteiger charge is 2.29. The lowest BCUT2D eigenvalue weighted by molar-refractivity contribution is -0.113. The maximum atomic E-state index is 12.5. The normalized spacial score (nSPS) is 17.9. The van der Waals surface area contributed by atoms with E-state index in [1.54, 1.807) is 6.08 Å². The Morgan fingerprint density at radius 3 is 2.38 bits per heavy atom. The predicted octanol–water partition coefficient (Wildman–Crippen LogP) is 5.36. The molecular formula is C26H25N3O2S. The summed E-state index contributed by atoms with van der Waals surface area (Å²) < 4.78 is 5.96. The molecule has 0 spiro atoms. The number of aryl methyl sites for hydroxylation is 2. The quantitative estimate of drug-likeness (QED) is 0.510. The van der Waals surface area contributed by atoms with Crippen molar-refractivity contribution in [2.75, 3.05) is 31.1 Å². The number of hydrogen-bond acceptors (Lipinski definition) is 5. The standard InChI is InChI=1S/C26H25N3O2S/c1-18-7-9-20(10-8-18)23-12-11-21(31-23)17-24-25(30)27-26(32-24)29-15-13-28(14-16-29)22-6-4-3-5-19(22)2/h3-12,17H,13-16H2,1-2H3. The number of benzene rings is 2. The van der Waals surface area contributed by atoms with Crippen molar-refractivity contribution in [3.8, 4) is 11.3 Å². The molecule has 2 aliphatic heterocycles. The van der Waals surface area contributed by atoms with Gasteiger partial charge in [0.2, 0.25) is 0 Å². The van der Waals surface area contributed by atoms with E-state index < -0.39 is 0 Å². The van der Waals surface area contributed by atoms with Gasteiger partial charge in [-0.05, 0) is 49.4 Å². The van der Waals surface area contributed by atoms with Gasteiger partial charge in [-0.15, -0.1) is 0 Å². The number of piperazine rings is 1. The Kier molecular flexibility index (Phi) is 5.62. The van der Waals surface area contributed by atoms with E-state index in [0.29, 0.717) is 10.7 Å². The van der Waals surface area contributed by atoms with E-state index in [1.165, 1.54) is 28.6 Å². The topological polar surface area (TPSA) is 49.0 Å². The molecule has 0 bridgehead atoms. The van der Waals surface area contributed by atoms with E-state index in [-0.39, 0.29) is 5.91 Å². The SMILES string of the molecule is Cc1ccc(-c2ccc(C=C3SC(N4CCN(c5ccccc5C)CC4)=NC3=O)o2)cc1. The van der Waals surface area contributed by atoms with Gasteiger partial charge in [0.25, 0.3) is 5.91 Å². The monoisotopic (exact) mass is 443 g/mol. The van der Waals surface area contributed by atoms with Gasteiger partial charge in [0.15, 0.2) is 5.17 Å². The number of aliphatic imine (C=N–C) groups is 1. The molecule has 0 atom stereocenters. The Morgan fingerprint density at radius 1 is 0.906 bits per heavy atom. The van der Waals surface area contributed by atoms with E-state index in [2.05, 4.69) is 65.0 Å². The van der Waals surface area contributed by atoms with Crippen molar-refractivity contribution in [2.24, 2.45) is 4.99 Å². The van der Waals surface area contributed by atoms with Crippen LogP contribution in [0.3, 0.4) is 0 Å². The Morgan fingerprint density at radius 2 is 1.62 bits per heavy atom. The van der Waals surface area contributed by atoms with Crippen molar-refractivity contribution in [1.82, 2.24) is 4.90 Å². The second kappa shape index (κ2) is 8.71. The van der Waals surface area contributed by atoms with E-state index in [4.69, 9.17) is 4.42 Å². The Hall–Kier alpha value is -3.25. The summed E-state index contributed by atoms with van der Waals surface area (Å²) in [6.07, 6.45) is 1.80. The zero-order chi connectivity index (χ0) is 22.1. The molecule has 1 aromatic heterocycles. The third-order valence-electron chi connectivity index (χ3n) is 5.85. The molecule has 1 saturated heterocycles. The Balaban J connectivity index is 1.24. The highest BCUT2D eigenvalue weighted by molar-refractivity contribution is 8.18. The lowest BCUT2D eigenvalue weighted by atomic mass is 10.1. The summed E-state index contributed by atoms with van der Waals surface area (Å²) in [5.41, 5.74) is 4.80. The molecule has 2 aliphatic rings.